The topological polar surface area (TPSA) is 30.8 Å². The molecule has 13 heavy (non-hydrogen) atoms. The first kappa shape index (κ1) is 10.8. The molecule has 0 saturated carbocycles. The third-order valence-electron chi connectivity index (χ3n) is 2.15. The second-order valence-corrected chi connectivity index (χ2v) is 4.19. The maximum Gasteiger partial charge on any atom is 0.146 e. The van der Waals surface area contributed by atoms with E-state index in [0.717, 1.165) is 18.6 Å². The maximum atomic E-state index is 5.65. The van der Waals surface area contributed by atoms with Crippen LogP contribution in [-0.2, 0) is 9.57 Å². The Kier molecular flexibility index (Phi) is 3.56. The summed E-state index contributed by atoms with van der Waals surface area (Å²) in [6.07, 6.45) is 1.69. The summed E-state index contributed by atoms with van der Waals surface area (Å²) >= 11 is 5.65. The summed E-state index contributed by atoms with van der Waals surface area (Å²) in [5, 5.41) is 3.97. The molecule has 3 nitrogen and oxygen atoms in total. The summed E-state index contributed by atoms with van der Waals surface area (Å²) in [6, 6.07) is 0. The van der Waals surface area contributed by atoms with Crippen molar-refractivity contribution in [3.63, 3.8) is 0 Å². The van der Waals surface area contributed by atoms with E-state index < -0.39 is 0 Å². The number of ether oxygens (including phenoxy) is 1. The fourth-order valence-electron chi connectivity index (χ4n) is 1.24. The fourth-order valence-corrected chi connectivity index (χ4v) is 1.40. The molecule has 1 unspecified atom stereocenters. The van der Waals surface area contributed by atoms with Crippen molar-refractivity contribution in [2.24, 2.45) is 5.16 Å². The SMILES string of the molecule is COC(C)(C)CC1=NOC(CCl)C1. The zero-order valence-electron chi connectivity index (χ0n) is 8.34. The predicted molar refractivity (Wildman–Crippen MR) is 53.4 cm³/mol. The number of halogens is 1. The highest BCUT2D eigenvalue weighted by Crippen LogP contribution is 2.21. The van der Waals surface area contributed by atoms with Gasteiger partial charge >= 0.3 is 0 Å². The van der Waals surface area contributed by atoms with Gasteiger partial charge < -0.3 is 9.57 Å². The van der Waals surface area contributed by atoms with Crippen LogP contribution in [0.25, 0.3) is 0 Å². The average Bonchev–Trinajstić information content (AvgIpc) is 2.52. The minimum absolute atomic E-state index is 0.0596. The van der Waals surface area contributed by atoms with Crippen molar-refractivity contribution in [2.75, 3.05) is 13.0 Å². The molecule has 0 N–H and O–H groups in total. The zero-order valence-corrected chi connectivity index (χ0v) is 9.10. The Balaban J connectivity index is 2.40. The van der Waals surface area contributed by atoms with Crippen molar-refractivity contribution in [1.29, 1.82) is 0 Å². The summed E-state index contributed by atoms with van der Waals surface area (Å²) in [7, 11) is 1.70. The Bertz CT molecular complexity index is 204. The maximum absolute atomic E-state index is 5.65. The Morgan fingerprint density at radius 3 is 2.85 bits per heavy atom. The minimum atomic E-state index is -0.163. The number of hydrogen-bond acceptors (Lipinski definition) is 3. The van der Waals surface area contributed by atoms with E-state index in [1.54, 1.807) is 7.11 Å². The number of oxime groups is 1. The molecule has 1 rings (SSSR count). The van der Waals surface area contributed by atoms with Gasteiger partial charge in [-0.25, -0.2) is 0 Å². The van der Waals surface area contributed by atoms with Crippen molar-refractivity contribution < 1.29 is 9.57 Å². The largest absolute Gasteiger partial charge is 0.391 e. The molecule has 0 aromatic carbocycles. The van der Waals surface area contributed by atoms with E-state index in [-0.39, 0.29) is 11.7 Å². The lowest BCUT2D eigenvalue weighted by Gasteiger charge is -2.21. The second-order valence-electron chi connectivity index (χ2n) is 3.88. The lowest BCUT2D eigenvalue weighted by atomic mass is 9.98. The van der Waals surface area contributed by atoms with Gasteiger partial charge in [-0.3, -0.25) is 0 Å². The highest BCUT2D eigenvalue weighted by atomic mass is 35.5. The van der Waals surface area contributed by atoms with E-state index in [9.17, 15) is 0 Å². The molecule has 0 aromatic heterocycles. The van der Waals surface area contributed by atoms with Crippen LogP contribution in [0.3, 0.4) is 0 Å². The predicted octanol–water partition coefficient (Wildman–Crippen LogP) is 2.19. The Hall–Kier alpha value is -0.280. The number of methoxy groups -OCH3 is 1. The first-order chi connectivity index (χ1) is 6.07. The molecule has 0 saturated heterocycles. The van der Waals surface area contributed by atoms with Gasteiger partial charge in [0.05, 0.1) is 17.2 Å². The summed E-state index contributed by atoms with van der Waals surface area (Å²) in [4.78, 5) is 5.11. The van der Waals surface area contributed by atoms with Gasteiger partial charge in [0, 0.05) is 20.0 Å². The molecule has 1 heterocycles. The van der Waals surface area contributed by atoms with E-state index in [1.165, 1.54) is 0 Å². The molecule has 0 bridgehead atoms. The van der Waals surface area contributed by atoms with Crippen molar-refractivity contribution in [2.45, 2.75) is 38.4 Å². The molecule has 1 aliphatic heterocycles. The molecule has 0 aliphatic carbocycles. The van der Waals surface area contributed by atoms with Crippen LogP contribution in [0.4, 0.5) is 0 Å². The van der Waals surface area contributed by atoms with E-state index in [2.05, 4.69) is 5.16 Å². The van der Waals surface area contributed by atoms with Crippen LogP contribution < -0.4 is 0 Å². The van der Waals surface area contributed by atoms with Gasteiger partial charge in [0.1, 0.15) is 6.10 Å². The molecular weight excluding hydrogens is 190 g/mol. The third kappa shape index (κ3) is 3.16. The van der Waals surface area contributed by atoms with Crippen LogP contribution in [-0.4, -0.2) is 30.4 Å². The van der Waals surface area contributed by atoms with E-state index in [1.807, 2.05) is 13.8 Å². The molecule has 0 amide bonds. The molecule has 1 atom stereocenters. The summed E-state index contributed by atoms with van der Waals surface area (Å²) in [6.45, 7) is 4.06. The van der Waals surface area contributed by atoms with E-state index >= 15 is 0 Å². The van der Waals surface area contributed by atoms with Crippen molar-refractivity contribution in [3.8, 4) is 0 Å². The van der Waals surface area contributed by atoms with Crippen LogP contribution in [0.2, 0.25) is 0 Å². The lowest BCUT2D eigenvalue weighted by molar-refractivity contribution is 0.0288. The molecule has 0 radical (unpaired) electrons. The molecular formula is C9H16ClNO2. The van der Waals surface area contributed by atoms with Crippen molar-refractivity contribution in [1.82, 2.24) is 0 Å². The Morgan fingerprint density at radius 1 is 1.69 bits per heavy atom. The van der Waals surface area contributed by atoms with Gasteiger partial charge in [0.2, 0.25) is 0 Å². The smallest absolute Gasteiger partial charge is 0.146 e. The first-order valence-corrected chi connectivity index (χ1v) is 4.93. The van der Waals surface area contributed by atoms with Gasteiger partial charge in [-0.05, 0) is 13.8 Å². The van der Waals surface area contributed by atoms with E-state index in [4.69, 9.17) is 21.2 Å². The van der Waals surface area contributed by atoms with Gasteiger partial charge in [-0.15, -0.1) is 11.6 Å². The van der Waals surface area contributed by atoms with Crippen LogP contribution in [0, 0.1) is 0 Å². The van der Waals surface area contributed by atoms with E-state index in [0.29, 0.717) is 5.88 Å². The number of alkyl halides is 1. The minimum Gasteiger partial charge on any atom is -0.391 e. The standard InChI is InChI=1S/C9H16ClNO2/c1-9(2,12-3)5-7-4-8(6-10)13-11-7/h8H,4-6H2,1-3H3. The molecule has 76 valence electrons. The summed E-state index contributed by atoms with van der Waals surface area (Å²) in [5.41, 5.74) is 0.876. The van der Waals surface area contributed by atoms with Crippen molar-refractivity contribution >= 4 is 17.3 Å². The number of hydrogen-bond donors (Lipinski definition) is 0. The highest BCUT2D eigenvalue weighted by molar-refractivity contribution is 6.18. The number of nitrogens with zero attached hydrogens (tertiary/aromatic N) is 1. The van der Waals surface area contributed by atoms with Crippen LogP contribution in [0.5, 0.6) is 0 Å². The lowest BCUT2D eigenvalue weighted by Crippen LogP contribution is -2.26. The molecule has 0 fully saturated rings. The monoisotopic (exact) mass is 205 g/mol. The van der Waals surface area contributed by atoms with Gasteiger partial charge in [0.15, 0.2) is 0 Å². The first-order valence-electron chi connectivity index (χ1n) is 4.40. The van der Waals surface area contributed by atoms with Crippen molar-refractivity contribution in [3.05, 3.63) is 0 Å². The fraction of sp³-hybridized carbons (Fsp3) is 0.889. The summed E-state index contributed by atoms with van der Waals surface area (Å²) in [5.74, 6) is 0.500. The van der Waals surface area contributed by atoms with Gasteiger partial charge in [-0.2, -0.15) is 0 Å². The summed E-state index contributed by atoms with van der Waals surface area (Å²) < 4.78 is 5.30. The quantitative estimate of drug-likeness (QED) is 0.659. The molecule has 4 heteroatoms. The molecule has 1 aliphatic rings. The zero-order chi connectivity index (χ0) is 9.90. The van der Waals surface area contributed by atoms with Gasteiger partial charge in [-0.1, -0.05) is 5.16 Å². The third-order valence-corrected chi connectivity index (χ3v) is 2.49. The Labute approximate surface area is 84.0 Å². The van der Waals surface area contributed by atoms with Crippen LogP contribution >= 0.6 is 11.6 Å². The second kappa shape index (κ2) is 4.29. The van der Waals surface area contributed by atoms with Crippen LogP contribution in [0.15, 0.2) is 5.16 Å². The normalized spacial score (nSPS) is 22.8. The highest BCUT2D eigenvalue weighted by Gasteiger charge is 2.26. The average molecular weight is 206 g/mol. The molecule has 0 spiro atoms. The number of rotatable bonds is 4. The molecule has 0 aromatic rings. The van der Waals surface area contributed by atoms with Crippen LogP contribution in [0.1, 0.15) is 26.7 Å². The Morgan fingerprint density at radius 2 is 2.38 bits per heavy atom. The van der Waals surface area contributed by atoms with Gasteiger partial charge in [0.25, 0.3) is 0 Å².